The van der Waals surface area contributed by atoms with Crippen molar-refractivity contribution in [2.45, 2.75) is 9.79 Å². The molecule has 4 aromatic rings. The zero-order chi connectivity index (χ0) is 17.3. The van der Waals surface area contributed by atoms with E-state index >= 15 is 0 Å². The first-order valence-corrected chi connectivity index (χ1v) is 9.71. The van der Waals surface area contributed by atoms with E-state index in [1.807, 2.05) is 18.2 Å². The normalized spacial score (nSPS) is 13.2. The largest absolute Gasteiger partial charge is 0.295 e. The topological polar surface area (TPSA) is 109 Å². The highest BCUT2D eigenvalue weighted by Gasteiger charge is 2.24. The van der Waals surface area contributed by atoms with Crippen molar-refractivity contribution < 1.29 is 25.9 Å². The van der Waals surface area contributed by atoms with Gasteiger partial charge in [0.25, 0.3) is 20.2 Å². The predicted molar refractivity (Wildman–Crippen MR) is 89.8 cm³/mol. The summed E-state index contributed by atoms with van der Waals surface area (Å²) in [4.78, 5) is -1.11. The highest BCUT2D eigenvalue weighted by molar-refractivity contribution is 7.87. The average molecular weight is 362 g/mol. The van der Waals surface area contributed by atoms with Crippen LogP contribution in [0.2, 0.25) is 0 Å². The summed E-state index contributed by atoms with van der Waals surface area (Å²) in [5.41, 5.74) is 0. The van der Waals surface area contributed by atoms with E-state index in [1.54, 1.807) is 12.1 Å². The minimum atomic E-state index is -4.69. The van der Waals surface area contributed by atoms with Gasteiger partial charge in [0.1, 0.15) is 9.79 Å². The van der Waals surface area contributed by atoms with E-state index < -0.39 is 30.0 Å². The van der Waals surface area contributed by atoms with Crippen molar-refractivity contribution in [3.05, 3.63) is 48.5 Å². The fourth-order valence-corrected chi connectivity index (χ4v) is 4.70. The van der Waals surface area contributed by atoms with Gasteiger partial charge < -0.3 is 0 Å². The monoisotopic (exact) mass is 362 g/mol. The molecule has 0 bridgehead atoms. The fraction of sp³-hybridized carbons (Fsp3) is 0. The Morgan fingerprint density at radius 1 is 0.625 bits per heavy atom. The number of hydrogen-bond acceptors (Lipinski definition) is 4. The molecule has 0 fully saturated rings. The van der Waals surface area contributed by atoms with Crippen LogP contribution in [0.15, 0.2) is 58.3 Å². The molecule has 0 aliphatic rings. The van der Waals surface area contributed by atoms with Gasteiger partial charge in [0.15, 0.2) is 0 Å². The Morgan fingerprint density at radius 2 is 1.08 bits per heavy atom. The molecule has 2 N–H and O–H groups in total. The van der Waals surface area contributed by atoms with Crippen molar-refractivity contribution in [2.24, 2.45) is 0 Å². The first-order valence-electron chi connectivity index (χ1n) is 6.83. The number of hydrogen-bond donors (Lipinski definition) is 2. The van der Waals surface area contributed by atoms with Crippen LogP contribution >= 0.6 is 0 Å². The molecule has 0 aromatic heterocycles. The minimum absolute atomic E-state index is 0.198. The van der Waals surface area contributed by atoms with Crippen LogP contribution in [0.5, 0.6) is 0 Å². The van der Waals surface area contributed by atoms with Gasteiger partial charge in [-0.15, -0.1) is 0 Å². The molecular weight excluding hydrogens is 352 g/mol. The molecule has 0 spiro atoms. The van der Waals surface area contributed by atoms with Crippen LogP contribution in [-0.4, -0.2) is 25.9 Å². The van der Waals surface area contributed by atoms with E-state index in [-0.39, 0.29) is 10.8 Å². The molecule has 0 heterocycles. The second-order valence-corrected chi connectivity index (χ2v) is 8.28. The second-order valence-electron chi connectivity index (χ2n) is 5.50. The van der Waals surface area contributed by atoms with Gasteiger partial charge in [-0.25, -0.2) is 0 Å². The summed E-state index contributed by atoms with van der Waals surface area (Å²) in [5, 5.41) is 3.02. The molecule has 122 valence electrons. The van der Waals surface area contributed by atoms with E-state index in [0.29, 0.717) is 10.8 Å². The molecule has 0 saturated carbocycles. The number of rotatable bonds is 2. The summed E-state index contributed by atoms with van der Waals surface area (Å²) in [6.07, 6.45) is 0. The van der Waals surface area contributed by atoms with Gasteiger partial charge in [-0.3, -0.25) is 9.11 Å². The Morgan fingerprint density at radius 3 is 1.50 bits per heavy atom. The van der Waals surface area contributed by atoms with Crippen molar-refractivity contribution >= 4 is 52.6 Å². The summed E-state index contributed by atoms with van der Waals surface area (Å²) < 4.78 is 66.0. The first kappa shape index (κ1) is 15.3. The Hall–Kier alpha value is -2.26. The third kappa shape index (κ3) is 2.08. The Labute approximate surface area is 137 Å². The molecule has 0 aliphatic carbocycles. The molecule has 6 nitrogen and oxygen atoms in total. The lowest BCUT2D eigenvalue weighted by Gasteiger charge is -2.15. The highest BCUT2D eigenvalue weighted by Crippen LogP contribution is 2.40. The van der Waals surface area contributed by atoms with Gasteiger partial charge in [0.2, 0.25) is 0 Å². The van der Waals surface area contributed by atoms with E-state index in [1.165, 1.54) is 12.1 Å². The van der Waals surface area contributed by atoms with Gasteiger partial charge in [0, 0.05) is 16.2 Å². The number of benzene rings is 4. The molecule has 0 saturated heterocycles. The van der Waals surface area contributed by atoms with Gasteiger partial charge in [-0.1, -0.05) is 42.5 Å². The molecule has 4 rings (SSSR count). The Kier molecular flexibility index (Phi) is 2.95. The van der Waals surface area contributed by atoms with Gasteiger partial charge in [0.05, 0.1) is 0 Å². The highest BCUT2D eigenvalue weighted by atomic mass is 32.2. The van der Waals surface area contributed by atoms with E-state index in [2.05, 4.69) is 0 Å². The first-order chi connectivity index (χ1) is 11.2. The fourth-order valence-electron chi connectivity index (χ4n) is 3.19. The van der Waals surface area contributed by atoms with Crippen molar-refractivity contribution in [1.29, 1.82) is 0 Å². The van der Waals surface area contributed by atoms with Crippen LogP contribution in [0.1, 0.15) is 0 Å². The molecule has 24 heavy (non-hydrogen) atoms. The van der Waals surface area contributed by atoms with Crippen molar-refractivity contribution in [2.75, 3.05) is 0 Å². The maximum atomic E-state index is 11.7. The Balaban J connectivity index is 2.44. The molecule has 0 amide bonds. The standard InChI is InChI=1S/C16H10O6S2/c17-23(18,19)13-8-14(24(20,21)22)12-7-5-10-3-1-2-9-4-6-11(13)16(12)15(9)10/h1-8H,(H,17,18,19)(H,20,21,22). The molecular formula is C16H10O6S2. The van der Waals surface area contributed by atoms with Crippen LogP contribution in [-0.2, 0) is 20.2 Å². The van der Waals surface area contributed by atoms with Crippen molar-refractivity contribution in [1.82, 2.24) is 0 Å². The van der Waals surface area contributed by atoms with Crippen LogP contribution in [0.4, 0.5) is 0 Å². The molecule has 8 heteroatoms. The molecule has 0 aliphatic heterocycles. The van der Waals surface area contributed by atoms with Crippen LogP contribution in [0.25, 0.3) is 32.3 Å². The third-order valence-corrected chi connectivity index (χ3v) is 5.91. The van der Waals surface area contributed by atoms with Crippen LogP contribution in [0.3, 0.4) is 0 Å². The molecule has 0 radical (unpaired) electrons. The maximum Gasteiger partial charge on any atom is 0.295 e. The lowest BCUT2D eigenvalue weighted by molar-refractivity contribution is 0.482. The van der Waals surface area contributed by atoms with E-state index in [9.17, 15) is 25.9 Å². The lowest BCUT2D eigenvalue weighted by atomic mass is 9.94. The summed E-state index contributed by atoms with van der Waals surface area (Å²) in [7, 11) is -9.37. The molecule has 0 unspecified atom stereocenters. The van der Waals surface area contributed by atoms with E-state index in [0.717, 1.165) is 16.8 Å². The van der Waals surface area contributed by atoms with E-state index in [4.69, 9.17) is 0 Å². The van der Waals surface area contributed by atoms with Gasteiger partial charge >= 0.3 is 0 Å². The minimum Gasteiger partial charge on any atom is -0.282 e. The van der Waals surface area contributed by atoms with Crippen LogP contribution in [0, 0.1) is 0 Å². The van der Waals surface area contributed by atoms with Crippen molar-refractivity contribution in [3.63, 3.8) is 0 Å². The lowest BCUT2D eigenvalue weighted by Crippen LogP contribution is -2.05. The summed E-state index contributed by atoms with van der Waals surface area (Å²) in [5.74, 6) is 0. The Bertz CT molecular complexity index is 1240. The molecule has 4 aromatic carbocycles. The summed E-state index contributed by atoms with van der Waals surface area (Å²) in [6.45, 7) is 0. The zero-order valence-electron chi connectivity index (χ0n) is 12.0. The smallest absolute Gasteiger partial charge is 0.282 e. The summed E-state index contributed by atoms with van der Waals surface area (Å²) in [6, 6.07) is 12.7. The maximum absolute atomic E-state index is 11.7. The van der Waals surface area contributed by atoms with Crippen molar-refractivity contribution in [3.8, 4) is 0 Å². The SMILES string of the molecule is O=S(=O)(O)c1cc(S(=O)(=O)O)c2ccc3cccc4ccc1c2c43. The van der Waals surface area contributed by atoms with Crippen LogP contribution < -0.4 is 0 Å². The predicted octanol–water partition coefficient (Wildman–Crippen LogP) is 3.08. The zero-order valence-corrected chi connectivity index (χ0v) is 13.6. The van der Waals surface area contributed by atoms with Gasteiger partial charge in [-0.2, -0.15) is 16.8 Å². The third-order valence-electron chi connectivity index (χ3n) is 4.13. The van der Waals surface area contributed by atoms with Gasteiger partial charge in [-0.05, 0) is 22.2 Å². The summed E-state index contributed by atoms with van der Waals surface area (Å²) >= 11 is 0. The molecule has 0 atom stereocenters. The second kappa shape index (κ2) is 4.64. The quantitative estimate of drug-likeness (QED) is 0.419. The average Bonchev–Trinajstić information content (AvgIpc) is 2.50.